The molecule has 7 heteroatoms. The maximum Gasteiger partial charge on any atom is 0.268 e. The van der Waals surface area contributed by atoms with Crippen molar-refractivity contribution in [1.29, 1.82) is 0 Å². The van der Waals surface area contributed by atoms with Crippen LogP contribution in [0.2, 0.25) is 0 Å². The number of benzene rings is 1. The molecule has 0 aliphatic carbocycles. The summed E-state index contributed by atoms with van der Waals surface area (Å²) < 4.78 is 34.4. The van der Waals surface area contributed by atoms with E-state index in [9.17, 15) is 18.4 Å². The number of ether oxygens (including phenoxy) is 1. The summed E-state index contributed by atoms with van der Waals surface area (Å²) in [5, 5.41) is 0. The molecule has 0 aromatic heterocycles. The van der Waals surface area contributed by atoms with Crippen molar-refractivity contribution >= 4 is 11.8 Å². The fourth-order valence-electron chi connectivity index (χ4n) is 4.48. The van der Waals surface area contributed by atoms with Crippen LogP contribution in [0.3, 0.4) is 0 Å². The van der Waals surface area contributed by atoms with Crippen molar-refractivity contribution in [2.24, 2.45) is 17.8 Å². The zero-order valence-electron chi connectivity index (χ0n) is 15.2. The van der Waals surface area contributed by atoms with Crippen LogP contribution in [0.1, 0.15) is 18.4 Å². The van der Waals surface area contributed by atoms with E-state index < -0.39 is 42.0 Å². The van der Waals surface area contributed by atoms with E-state index in [1.54, 1.807) is 0 Å². The summed E-state index contributed by atoms with van der Waals surface area (Å²) in [4.78, 5) is 28.2. The second kappa shape index (κ2) is 7.28. The Bertz CT molecular complexity index is 682. The standard InChI is InChI=1S/C20H24F2N2O3/c21-20(22,15-6-8-27-9-7-15)13-24-18(25)16-11-23(12-17(16)19(24)26)10-14-4-2-1-3-5-14/h1-5,15-17H,6-13H2/t16-,17+. The highest BCUT2D eigenvalue weighted by molar-refractivity contribution is 6.05. The molecule has 0 radical (unpaired) electrons. The normalized spacial score (nSPS) is 27.4. The van der Waals surface area contributed by atoms with Crippen LogP contribution >= 0.6 is 0 Å². The number of rotatable bonds is 5. The molecule has 27 heavy (non-hydrogen) atoms. The lowest BCUT2D eigenvalue weighted by atomic mass is 9.92. The minimum atomic E-state index is -3.06. The Morgan fingerprint density at radius 3 is 2.19 bits per heavy atom. The molecule has 3 aliphatic rings. The average Bonchev–Trinajstić information content (AvgIpc) is 3.18. The van der Waals surface area contributed by atoms with E-state index in [4.69, 9.17) is 4.74 Å². The first-order valence-corrected chi connectivity index (χ1v) is 9.53. The van der Waals surface area contributed by atoms with Crippen LogP contribution in [0.15, 0.2) is 30.3 Å². The number of alkyl halides is 2. The van der Waals surface area contributed by atoms with Gasteiger partial charge in [-0.3, -0.25) is 19.4 Å². The molecule has 0 N–H and O–H groups in total. The topological polar surface area (TPSA) is 49.9 Å². The predicted molar refractivity (Wildman–Crippen MR) is 93.9 cm³/mol. The molecule has 1 aromatic carbocycles. The van der Waals surface area contributed by atoms with Crippen molar-refractivity contribution in [3.05, 3.63) is 35.9 Å². The first-order valence-electron chi connectivity index (χ1n) is 9.53. The lowest BCUT2D eigenvalue weighted by Gasteiger charge is -2.32. The van der Waals surface area contributed by atoms with Crippen LogP contribution in [0.5, 0.6) is 0 Å². The first-order chi connectivity index (χ1) is 13.0. The van der Waals surface area contributed by atoms with E-state index in [0.29, 0.717) is 32.8 Å². The lowest BCUT2D eigenvalue weighted by Crippen LogP contribution is -2.47. The molecule has 2 atom stereocenters. The molecule has 0 spiro atoms. The number of fused-ring (bicyclic) bond motifs is 1. The molecule has 0 unspecified atom stereocenters. The molecule has 1 aromatic rings. The Kier molecular flexibility index (Phi) is 4.99. The van der Waals surface area contributed by atoms with Gasteiger partial charge < -0.3 is 4.74 Å². The van der Waals surface area contributed by atoms with E-state index in [-0.39, 0.29) is 12.8 Å². The van der Waals surface area contributed by atoms with Crippen LogP contribution < -0.4 is 0 Å². The van der Waals surface area contributed by atoms with Crippen molar-refractivity contribution in [3.63, 3.8) is 0 Å². The monoisotopic (exact) mass is 378 g/mol. The largest absolute Gasteiger partial charge is 0.381 e. The number of amides is 2. The second-order valence-corrected chi connectivity index (χ2v) is 7.80. The maximum absolute atomic E-state index is 14.6. The van der Waals surface area contributed by atoms with Gasteiger partial charge in [0.05, 0.1) is 18.4 Å². The summed E-state index contributed by atoms with van der Waals surface area (Å²) in [5.41, 5.74) is 1.11. The number of halogens is 2. The third-order valence-electron chi connectivity index (χ3n) is 6.00. The van der Waals surface area contributed by atoms with Gasteiger partial charge in [0.15, 0.2) is 0 Å². The van der Waals surface area contributed by atoms with Crippen LogP contribution in [-0.4, -0.2) is 60.4 Å². The maximum atomic E-state index is 14.6. The molecule has 3 heterocycles. The van der Waals surface area contributed by atoms with Crippen LogP contribution in [0.25, 0.3) is 0 Å². The van der Waals surface area contributed by atoms with Crippen molar-refractivity contribution in [2.75, 3.05) is 32.8 Å². The van der Waals surface area contributed by atoms with E-state index in [1.165, 1.54) is 0 Å². The molecule has 3 fully saturated rings. The summed E-state index contributed by atoms with van der Waals surface area (Å²) in [5.74, 6) is -5.75. The Balaban J connectivity index is 1.40. The van der Waals surface area contributed by atoms with E-state index >= 15 is 0 Å². The highest BCUT2D eigenvalue weighted by Gasteiger charge is 2.55. The van der Waals surface area contributed by atoms with Gasteiger partial charge in [0.1, 0.15) is 0 Å². The average molecular weight is 378 g/mol. The molecule has 4 rings (SSSR count). The smallest absolute Gasteiger partial charge is 0.268 e. The number of imide groups is 1. The zero-order chi connectivity index (χ0) is 19.0. The Labute approximate surface area is 157 Å². The Morgan fingerprint density at radius 2 is 1.59 bits per heavy atom. The zero-order valence-corrected chi connectivity index (χ0v) is 15.2. The van der Waals surface area contributed by atoms with Crippen molar-refractivity contribution in [3.8, 4) is 0 Å². The van der Waals surface area contributed by atoms with Gasteiger partial charge in [-0.2, -0.15) is 0 Å². The van der Waals surface area contributed by atoms with Crippen LogP contribution in [0, 0.1) is 17.8 Å². The minimum absolute atomic E-state index is 0.265. The van der Waals surface area contributed by atoms with E-state index in [0.717, 1.165) is 10.5 Å². The van der Waals surface area contributed by atoms with Gasteiger partial charge in [0.25, 0.3) is 5.92 Å². The lowest BCUT2D eigenvalue weighted by molar-refractivity contribution is -0.154. The van der Waals surface area contributed by atoms with Crippen molar-refractivity contribution in [1.82, 2.24) is 9.80 Å². The predicted octanol–water partition coefficient (Wildman–Crippen LogP) is 2.17. The van der Waals surface area contributed by atoms with Gasteiger partial charge in [0, 0.05) is 38.8 Å². The van der Waals surface area contributed by atoms with Gasteiger partial charge in [0.2, 0.25) is 11.8 Å². The minimum Gasteiger partial charge on any atom is -0.381 e. The summed E-state index contributed by atoms with van der Waals surface area (Å²) in [6.45, 7) is 1.38. The molecule has 2 amide bonds. The van der Waals surface area contributed by atoms with Gasteiger partial charge >= 0.3 is 0 Å². The highest BCUT2D eigenvalue weighted by Crippen LogP contribution is 2.38. The molecule has 146 valence electrons. The molecular weight excluding hydrogens is 354 g/mol. The van der Waals surface area contributed by atoms with E-state index in [1.807, 2.05) is 30.3 Å². The van der Waals surface area contributed by atoms with Gasteiger partial charge in [-0.05, 0) is 18.4 Å². The third kappa shape index (κ3) is 3.62. The van der Waals surface area contributed by atoms with Crippen molar-refractivity contribution in [2.45, 2.75) is 25.3 Å². The summed E-state index contributed by atoms with van der Waals surface area (Å²) >= 11 is 0. The van der Waals surface area contributed by atoms with Gasteiger partial charge in [-0.25, -0.2) is 8.78 Å². The van der Waals surface area contributed by atoms with E-state index in [2.05, 4.69) is 4.90 Å². The summed E-state index contributed by atoms with van der Waals surface area (Å²) in [6, 6.07) is 9.83. The van der Waals surface area contributed by atoms with Crippen molar-refractivity contribution < 1.29 is 23.1 Å². The quantitative estimate of drug-likeness (QED) is 0.737. The molecular formula is C20H24F2N2O3. The Morgan fingerprint density at radius 1 is 1.00 bits per heavy atom. The van der Waals surface area contributed by atoms with Gasteiger partial charge in [-0.15, -0.1) is 0 Å². The Hall–Kier alpha value is -1.86. The highest BCUT2D eigenvalue weighted by atomic mass is 19.3. The summed E-state index contributed by atoms with van der Waals surface area (Å²) in [6.07, 6.45) is 0.530. The molecule has 0 bridgehead atoms. The molecule has 3 aliphatic heterocycles. The number of likely N-dealkylation sites (tertiary alicyclic amines) is 2. The number of carbonyl (C=O) groups is 2. The fourth-order valence-corrected chi connectivity index (χ4v) is 4.48. The molecule has 0 saturated carbocycles. The van der Waals surface area contributed by atoms with Crippen LogP contribution in [-0.2, 0) is 20.9 Å². The molecule has 3 saturated heterocycles. The third-order valence-corrected chi connectivity index (χ3v) is 6.00. The van der Waals surface area contributed by atoms with Gasteiger partial charge in [-0.1, -0.05) is 30.3 Å². The van der Waals surface area contributed by atoms with Crippen LogP contribution in [0.4, 0.5) is 8.78 Å². The SMILES string of the molecule is O=C1[C@H]2CN(Cc3ccccc3)C[C@H]2C(=O)N1CC(F)(F)C1CCOCC1. The summed E-state index contributed by atoms with van der Waals surface area (Å²) in [7, 11) is 0. The molecule has 5 nitrogen and oxygen atoms in total. The number of carbonyl (C=O) groups excluding carboxylic acids is 2. The fraction of sp³-hybridized carbons (Fsp3) is 0.600. The second-order valence-electron chi connectivity index (χ2n) is 7.80. The number of nitrogens with zero attached hydrogens (tertiary/aromatic N) is 2. The first kappa shape index (κ1) is 18.5. The number of hydrogen-bond donors (Lipinski definition) is 0. The number of hydrogen-bond acceptors (Lipinski definition) is 4.